The summed E-state index contributed by atoms with van der Waals surface area (Å²) >= 11 is 0. The van der Waals surface area contributed by atoms with Gasteiger partial charge in [0.25, 0.3) is 0 Å². The number of ether oxygens (including phenoxy) is 15. The number of aliphatic hydroxyl groups excluding tert-OH is 17. The van der Waals surface area contributed by atoms with Gasteiger partial charge in [-0.15, -0.1) is 0 Å². The van der Waals surface area contributed by atoms with Gasteiger partial charge in [0.05, 0.1) is 55.6 Å². The van der Waals surface area contributed by atoms with E-state index in [-0.39, 0.29) is 24.2 Å². The standard InChI is InChI=1S/C72H112O37/c1-26-51(99-28(3)76)48(89)56(107-63-50(91)54(105-61-46(87)42(83)40(81)33(21-73)100-61)52(27(2)97-63)103-59-44(85)38(79)31(77)23-95-59)64(98-26)109-66(94)72-18-16-67(4,5)20-30(72)29-10-11-36-68(6)14-13-37(69(7,25-75)35(68)12-15-71(36,9)70(29,8)17-19-72)102-65-57(108-62-47(88)43(84)41(82)34(22-74)101-62)53(49(90)55(106-65)58(92)93)104-60-45(86)39(80)32(78)24-96-60/h10,25-27,30-57,59-65,73-74,77-91H,11-24H2,1-9H3,(H,92,93)/t26-,27+,30+,31-,32+,33-,34-,35-,36-,37+,38+,39+,40-,41+,42+,43+,44-,45-,46-,47-,48+,49+,50-,51+,52+,53+,54+,55+,56-,57-,59+,60+,61+,62+,63+,64+,65-,68+,69+,70-,71-,72+/m1/s1. The minimum absolute atomic E-state index is 0.124. The lowest BCUT2D eigenvalue weighted by Crippen LogP contribution is -2.69. The van der Waals surface area contributed by atoms with Gasteiger partial charge in [-0.1, -0.05) is 53.2 Å². The predicted molar refractivity (Wildman–Crippen MR) is 356 cm³/mol. The zero-order valence-corrected chi connectivity index (χ0v) is 62.2. The summed E-state index contributed by atoms with van der Waals surface area (Å²) in [6.45, 7) is 13.7. The van der Waals surface area contributed by atoms with Gasteiger partial charge in [-0.2, -0.15) is 0 Å². The van der Waals surface area contributed by atoms with Gasteiger partial charge in [-0.3, -0.25) is 9.59 Å². The highest BCUT2D eigenvalue weighted by molar-refractivity contribution is 5.79. The van der Waals surface area contributed by atoms with E-state index >= 15 is 4.79 Å². The van der Waals surface area contributed by atoms with Crippen LogP contribution in [-0.2, 0) is 90.2 Å². The molecule has 12 rings (SSSR count). The molecule has 622 valence electrons. The van der Waals surface area contributed by atoms with Crippen molar-refractivity contribution in [2.75, 3.05) is 26.4 Å². The molecule has 0 amide bonds. The summed E-state index contributed by atoms with van der Waals surface area (Å²) in [5, 5.41) is 197. The minimum atomic E-state index is -2.22. The van der Waals surface area contributed by atoms with Gasteiger partial charge in [0, 0.05) is 6.92 Å². The van der Waals surface area contributed by atoms with Gasteiger partial charge in [0.1, 0.15) is 134 Å². The number of carboxylic acids is 1. The molecule has 7 saturated heterocycles. The van der Waals surface area contributed by atoms with Crippen LogP contribution in [0.2, 0.25) is 0 Å². The van der Waals surface area contributed by atoms with E-state index in [2.05, 4.69) is 40.7 Å². The van der Waals surface area contributed by atoms with E-state index in [1.165, 1.54) is 13.8 Å². The zero-order chi connectivity index (χ0) is 79.6. The van der Waals surface area contributed by atoms with Gasteiger partial charge in [0.15, 0.2) is 56.1 Å². The fourth-order valence-corrected chi connectivity index (χ4v) is 20.5. The molecule has 18 N–H and O–H groups in total. The summed E-state index contributed by atoms with van der Waals surface area (Å²) in [4.78, 5) is 56.0. The lowest BCUT2D eigenvalue weighted by atomic mass is 9.33. The number of carboxylic acid groups (broad SMARTS) is 1. The number of aldehydes is 1. The summed E-state index contributed by atoms with van der Waals surface area (Å²) in [5.74, 6) is -4.35. The molecule has 0 radical (unpaired) electrons. The third-order valence-corrected chi connectivity index (χ3v) is 27.1. The second-order valence-corrected chi connectivity index (χ2v) is 34.1. The normalized spacial score (nSPS) is 53.4. The number of esters is 2. The Morgan fingerprint density at radius 1 is 0.486 bits per heavy atom. The Kier molecular flexibility index (Phi) is 25.2. The number of aliphatic carboxylic acids is 1. The van der Waals surface area contributed by atoms with Gasteiger partial charge < -0.3 is 168 Å². The van der Waals surface area contributed by atoms with Crippen molar-refractivity contribution in [2.45, 2.75) is 335 Å². The van der Waals surface area contributed by atoms with E-state index in [1.54, 1.807) is 6.92 Å². The van der Waals surface area contributed by atoms with E-state index < -0.39 is 292 Å². The number of hydrogen-bond donors (Lipinski definition) is 18. The van der Waals surface area contributed by atoms with Crippen molar-refractivity contribution >= 4 is 24.2 Å². The topological polar surface area (TPSA) is 571 Å². The Labute approximate surface area is 628 Å². The molecule has 4 saturated carbocycles. The van der Waals surface area contributed by atoms with Gasteiger partial charge >= 0.3 is 17.9 Å². The molecule has 5 aliphatic carbocycles. The van der Waals surface area contributed by atoms with Crippen molar-refractivity contribution in [2.24, 2.45) is 50.2 Å². The average molecular weight is 1570 g/mol. The number of fused-ring (bicyclic) bond motifs is 7. The first-order chi connectivity index (χ1) is 51.1. The van der Waals surface area contributed by atoms with E-state index in [0.717, 1.165) is 18.8 Å². The first-order valence-electron chi connectivity index (χ1n) is 37.8. The van der Waals surface area contributed by atoms with Crippen molar-refractivity contribution in [1.82, 2.24) is 0 Å². The van der Waals surface area contributed by atoms with Crippen LogP contribution in [0.4, 0.5) is 0 Å². The molecule has 0 aromatic heterocycles. The highest BCUT2D eigenvalue weighted by Gasteiger charge is 2.72. The van der Waals surface area contributed by atoms with Crippen molar-refractivity contribution < 1.29 is 182 Å². The number of carbonyl (C=O) groups excluding carboxylic acids is 3. The van der Waals surface area contributed by atoms with Gasteiger partial charge in [-0.05, 0) is 117 Å². The Bertz CT molecular complexity index is 3220. The minimum Gasteiger partial charge on any atom is -0.479 e. The monoisotopic (exact) mass is 1570 g/mol. The van der Waals surface area contributed by atoms with Crippen LogP contribution in [0.15, 0.2) is 11.6 Å². The van der Waals surface area contributed by atoms with Crippen LogP contribution in [0, 0.1) is 50.2 Å². The first-order valence-corrected chi connectivity index (χ1v) is 37.8. The number of rotatable bonds is 19. The molecule has 37 nitrogen and oxygen atoms in total. The molecular formula is C72H112O37. The van der Waals surface area contributed by atoms with Crippen LogP contribution >= 0.6 is 0 Å². The Morgan fingerprint density at radius 2 is 0.991 bits per heavy atom. The van der Waals surface area contributed by atoms with E-state index in [4.69, 9.17) is 71.1 Å². The maximum Gasteiger partial charge on any atom is 0.335 e. The summed E-state index contributed by atoms with van der Waals surface area (Å²) in [7, 11) is 0. The SMILES string of the molecule is CC(=O)O[C@@H]1[C@H](O)[C@@H](O[C@@H]2O[C@@H](C)[C@H](O[C@@H]3OC[C@@H](O)[C@H](O)[C@H]3O)[C@@H](O[C@@H]3O[C@H](CO)[C@@H](O)[C@H](O)[C@H]3O)[C@H]2O)[C@H](OC(=O)[C@]23CCC(C)(C)C[C@H]2C2=CC[C@@H]4[C@@]5(C)CC[C@H](O[C@@H]6O[C@H](C(=O)O)[C@@H](O)[C@H](O[C@@H]7OC[C@H](O)[C@H](O)[C@H]7O)[C@H]6O[C@@H]6O[C@H](CO)[C@H](O)[C@H](O)[C@H]6O)[C@@](C)(C=O)[C@@H]5CC[C@@]4(C)[C@]2(C)CC3)O[C@@H]1C. The molecule has 12 aliphatic rings. The lowest BCUT2D eigenvalue weighted by molar-refractivity contribution is -0.394. The second kappa shape index (κ2) is 32.3. The lowest BCUT2D eigenvalue weighted by Gasteiger charge is -2.71. The van der Waals surface area contributed by atoms with E-state index in [0.29, 0.717) is 51.4 Å². The number of aliphatic hydroxyl groups is 17. The Balaban J connectivity index is 0.819. The molecule has 0 aromatic carbocycles. The van der Waals surface area contributed by atoms with E-state index in [9.17, 15) is 106 Å². The average Bonchev–Trinajstić information content (AvgIpc) is 0.673. The molecule has 0 bridgehead atoms. The van der Waals surface area contributed by atoms with Crippen LogP contribution in [0.3, 0.4) is 0 Å². The van der Waals surface area contributed by atoms with Crippen molar-refractivity contribution in [3.05, 3.63) is 11.6 Å². The maximum absolute atomic E-state index is 16.0. The van der Waals surface area contributed by atoms with Crippen LogP contribution < -0.4 is 0 Å². The van der Waals surface area contributed by atoms with Crippen molar-refractivity contribution in [3.63, 3.8) is 0 Å². The maximum atomic E-state index is 16.0. The number of hydrogen-bond acceptors (Lipinski definition) is 36. The first kappa shape index (κ1) is 85.0. The largest absolute Gasteiger partial charge is 0.479 e. The molecule has 7 heterocycles. The Morgan fingerprint density at radius 3 is 1.55 bits per heavy atom. The molecule has 7 aliphatic heterocycles. The summed E-state index contributed by atoms with van der Waals surface area (Å²) < 4.78 is 91.1. The molecule has 42 atom stereocenters. The predicted octanol–water partition coefficient (Wildman–Crippen LogP) is -5.39. The Hall–Kier alpha value is -3.38. The van der Waals surface area contributed by atoms with E-state index in [1.807, 2.05) is 0 Å². The summed E-state index contributed by atoms with van der Waals surface area (Å²) in [6, 6.07) is 0. The fraction of sp³-hybridized carbons (Fsp3) is 0.917. The molecule has 0 unspecified atom stereocenters. The molecule has 37 heteroatoms. The van der Waals surface area contributed by atoms with Crippen LogP contribution in [-0.4, -0.2) is 351 Å². The van der Waals surface area contributed by atoms with Crippen LogP contribution in [0.25, 0.3) is 0 Å². The highest BCUT2D eigenvalue weighted by atomic mass is 16.8. The molecule has 0 spiro atoms. The van der Waals surface area contributed by atoms with Crippen LogP contribution in [0.5, 0.6) is 0 Å². The third kappa shape index (κ3) is 15.0. The smallest absolute Gasteiger partial charge is 0.335 e. The molecule has 109 heavy (non-hydrogen) atoms. The van der Waals surface area contributed by atoms with Gasteiger partial charge in [-0.25, -0.2) is 4.79 Å². The van der Waals surface area contributed by atoms with Crippen molar-refractivity contribution in [3.8, 4) is 0 Å². The number of carbonyl (C=O) groups is 4. The van der Waals surface area contributed by atoms with Crippen molar-refractivity contribution in [1.29, 1.82) is 0 Å². The quantitative estimate of drug-likeness (QED) is 0.0248. The fourth-order valence-electron chi connectivity index (χ4n) is 20.5. The summed E-state index contributed by atoms with van der Waals surface area (Å²) in [5.41, 5.74) is -3.76. The molecule has 0 aromatic rings. The van der Waals surface area contributed by atoms with Crippen LogP contribution in [0.1, 0.15) is 127 Å². The zero-order valence-electron chi connectivity index (χ0n) is 62.2. The van der Waals surface area contributed by atoms with Gasteiger partial charge in [0.2, 0.25) is 6.29 Å². The highest BCUT2D eigenvalue weighted by Crippen LogP contribution is 2.76. The molecular weight excluding hydrogens is 1460 g/mol. The molecule has 11 fully saturated rings. The third-order valence-electron chi connectivity index (χ3n) is 27.1. The summed E-state index contributed by atoms with van der Waals surface area (Å²) in [6.07, 6.45) is -54.4. The number of allylic oxidation sites excluding steroid dienone is 2. The second-order valence-electron chi connectivity index (χ2n) is 34.1.